The van der Waals surface area contributed by atoms with Crippen molar-refractivity contribution in [2.45, 2.75) is 32.1 Å². The highest BCUT2D eigenvalue weighted by molar-refractivity contribution is 5.96. The second-order valence-corrected chi connectivity index (χ2v) is 4.40. The molecule has 1 fully saturated rings. The first-order valence-corrected chi connectivity index (χ1v) is 5.84. The third-order valence-electron chi connectivity index (χ3n) is 3.21. The molecular formula is C11H18N4O. The van der Waals surface area contributed by atoms with E-state index in [1.54, 1.807) is 0 Å². The second kappa shape index (κ2) is 5.01. The normalized spacial score (nSPS) is 16.5. The van der Waals surface area contributed by atoms with Crippen molar-refractivity contribution in [2.24, 2.45) is 5.92 Å². The summed E-state index contributed by atoms with van der Waals surface area (Å²) in [6, 6.07) is 0. The molecule has 0 spiro atoms. The van der Waals surface area contributed by atoms with Gasteiger partial charge in [0.2, 0.25) is 0 Å². The maximum atomic E-state index is 11.6. The summed E-state index contributed by atoms with van der Waals surface area (Å²) < 4.78 is 0. The number of aromatic amines is 1. The van der Waals surface area contributed by atoms with Crippen molar-refractivity contribution in [3.8, 4) is 0 Å². The van der Waals surface area contributed by atoms with E-state index in [9.17, 15) is 4.79 Å². The Kier molecular flexibility index (Phi) is 3.44. The van der Waals surface area contributed by atoms with E-state index >= 15 is 0 Å². The van der Waals surface area contributed by atoms with Gasteiger partial charge in [0, 0.05) is 6.54 Å². The Balaban J connectivity index is 1.73. The van der Waals surface area contributed by atoms with Crippen LogP contribution in [0.4, 0.5) is 5.69 Å². The number of anilines is 1. The van der Waals surface area contributed by atoms with Crippen LogP contribution in [0.25, 0.3) is 0 Å². The van der Waals surface area contributed by atoms with Gasteiger partial charge in [-0.1, -0.05) is 25.7 Å². The number of nitrogens with zero attached hydrogens (tertiary/aromatic N) is 1. The fraction of sp³-hybridized carbons (Fsp3) is 0.636. The lowest BCUT2D eigenvalue weighted by Crippen LogP contribution is -2.26. The molecule has 2 rings (SSSR count). The predicted molar refractivity (Wildman–Crippen MR) is 61.9 cm³/mol. The fourth-order valence-corrected chi connectivity index (χ4v) is 2.25. The monoisotopic (exact) mass is 222 g/mol. The van der Waals surface area contributed by atoms with Crippen molar-refractivity contribution in [3.05, 3.63) is 11.9 Å². The van der Waals surface area contributed by atoms with Crippen molar-refractivity contribution in [1.29, 1.82) is 0 Å². The van der Waals surface area contributed by atoms with Crippen LogP contribution in [0.1, 0.15) is 42.6 Å². The summed E-state index contributed by atoms with van der Waals surface area (Å²) in [5.74, 6) is 0.632. The number of aromatic nitrogens is 2. The van der Waals surface area contributed by atoms with Crippen LogP contribution < -0.4 is 11.1 Å². The zero-order valence-electron chi connectivity index (χ0n) is 9.33. The molecule has 5 nitrogen and oxygen atoms in total. The Morgan fingerprint density at radius 1 is 1.56 bits per heavy atom. The molecule has 1 aliphatic rings. The molecule has 1 amide bonds. The molecular weight excluding hydrogens is 204 g/mol. The molecule has 0 bridgehead atoms. The van der Waals surface area contributed by atoms with E-state index in [-0.39, 0.29) is 5.91 Å². The molecule has 0 aromatic carbocycles. The maximum absolute atomic E-state index is 11.6. The molecule has 0 unspecified atom stereocenters. The third kappa shape index (κ3) is 2.53. The largest absolute Gasteiger partial charge is 0.396 e. The zero-order chi connectivity index (χ0) is 11.4. The summed E-state index contributed by atoms with van der Waals surface area (Å²) in [6.45, 7) is 0.724. The molecule has 4 N–H and O–H groups in total. The standard InChI is InChI=1S/C11H18N4O/c12-9-7-14-15-10(9)11(16)13-6-5-8-3-1-2-4-8/h7-8H,1-6,12H2,(H,13,16)(H,14,15). The Morgan fingerprint density at radius 2 is 2.31 bits per heavy atom. The van der Waals surface area contributed by atoms with Crippen molar-refractivity contribution >= 4 is 11.6 Å². The van der Waals surface area contributed by atoms with Crippen molar-refractivity contribution in [2.75, 3.05) is 12.3 Å². The van der Waals surface area contributed by atoms with Gasteiger partial charge in [-0.25, -0.2) is 0 Å². The van der Waals surface area contributed by atoms with E-state index < -0.39 is 0 Å². The van der Waals surface area contributed by atoms with E-state index in [4.69, 9.17) is 5.73 Å². The van der Waals surface area contributed by atoms with E-state index in [1.807, 2.05) is 0 Å². The highest BCUT2D eigenvalue weighted by atomic mass is 16.1. The number of rotatable bonds is 4. The van der Waals surface area contributed by atoms with Crippen LogP contribution >= 0.6 is 0 Å². The maximum Gasteiger partial charge on any atom is 0.271 e. The van der Waals surface area contributed by atoms with Gasteiger partial charge < -0.3 is 11.1 Å². The van der Waals surface area contributed by atoms with Gasteiger partial charge in [0.15, 0.2) is 0 Å². The van der Waals surface area contributed by atoms with Gasteiger partial charge in [0.05, 0.1) is 11.9 Å². The van der Waals surface area contributed by atoms with Crippen LogP contribution in [0.2, 0.25) is 0 Å². The van der Waals surface area contributed by atoms with E-state index in [2.05, 4.69) is 15.5 Å². The second-order valence-electron chi connectivity index (χ2n) is 4.40. The predicted octanol–water partition coefficient (Wildman–Crippen LogP) is 1.30. The number of carbonyl (C=O) groups is 1. The quantitative estimate of drug-likeness (QED) is 0.718. The molecule has 1 aliphatic carbocycles. The van der Waals surface area contributed by atoms with Gasteiger partial charge >= 0.3 is 0 Å². The Labute approximate surface area is 94.8 Å². The Hall–Kier alpha value is -1.52. The first kappa shape index (κ1) is 11.0. The molecule has 16 heavy (non-hydrogen) atoms. The van der Waals surface area contributed by atoms with E-state index in [1.165, 1.54) is 31.9 Å². The van der Waals surface area contributed by atoms with Crippen molar-refractivity contribution in [3.63, 3.8) is 0 Å². The average Bonchev–Trinajstić information content (AvgIpc) is 2.88. The van der Waals surface area contributed by atoms with Crippen LogP contribution in [0, 0.1) is 5.92 Å². The molecule has 0 atom stereocenters. The average molecular weight is 222 g/mol. The summed E-state index contributed by atoms with van der Waals surface area (Å²) in [6.07, 6.45) is 7.81. The number of hydrogen-bond donors (Lipinski definition) is 3. The summed E-state index contributed by atoms with van der Waals surface area (Å²) in [5, 5.41) is 9.18. The Bertz CT molecular complexity index is 355. The smallest absolute Gasteiger partial charge is 0.271 e. The summed E-state index contributed by atoms with van der Waals surface area (Å²) in [7, 11) is 0. The molecule has 0 aliphatic heterocycles. The minimum absolute atomic E-state index is 0.159. The summed E-state index contributed by atoms with van der Waals surface area (Å²) in [5.41, 5.74) is 6.35. The van der Waals surface area contributed by atoms with E-state index in [0.717, 1.165) is 18.9 Å². The first-order valence-electron chi connectivity index (χ1n) is 5.84. The summed E-state index contributed by atoms with van der Waals surface area (Å²) in [4.78, 5) is 11.6. The minimum atomic E-state index is -0.159. The van der Waals surface area contributed by atoms with Gasteiger partial charge in [-0.3, -0.25) is 9.89 Å². The number of hydrogen-bond acceptors (Lipinski definition) is 3. The fourth-order valence-electron chi connectivity index (χ4n) is 2.25. The van der Waals surface area contributed by atoms with Gasteiger partial charge in [-0.2, -0.15) is 5.10 Å². The number of amides is 1. The number of nitrogens with two attached hydrogens (primary N) is 1. The van der Waals surface area contributed by atoms with Crippen LogP contribution in [-0.4, -0.2) is 22.6 Å². The highest BCUT2D eigenvalue weighted by Gasteiger charge is 2.16. The first-order chi connectivity index (χ1) is 7.77. The number of nitrogens with one attached hydrogen (secondary N) is 2. The topological polar surface area (TPSA) is 83.8 Å². The summed E-state index contributed by atoms with van der Waals surface area (Å²) >= 11 is 0. The van der Waals surface area contributed by atoms with Gasteiger partial charge in [0.1, 0.15) is 5.69 Å². The van der Waals surface area contributed by atoms with Crippen molar-refractivity contribution in [1.82, 2.24) is 15.5 Å². The lowest BCUT2D eigenvalue weighted by molar-refractivity contribution is 0.0947. The number of carbonyl (C=O) groups excluding carboxylic acids is 1. The van der Waals surface area contributed by atoms with Gasteiger partial charge in [0.25, 0.3) is 5.91 Å². The molecule has 1 heterocycles. The molecule has 0 radical (unpaired) electrons. The minimum Gasteiger partial charge on any atom is -0.396 e. The highest BCUT2D eigenvalue weighted by Crippen LogP contribution is 2.26. The lowest BCUT2D eigenvalue weighted by atomic mass is 10.0. The van der Waals surface area contributed by atoms with Gasteiger partial charge in [-0.05, 0) is 12.3 Å². The van der Waals surface area contributed by atoms with Crippen molar-refractivity contribution < 1.29 is 4.79 Å². The Morgan fingerprint density at radius 3 is 2.94 bits per heavy atom. The molecule has 1 aromatic heterocycles. The van der Waals surface area contributed by atoms with Crippen LogP contribution in [-0.2, 0) is 0 Å². The lowest BCUT2D eigenvalue weighted by Gasteiger charge is -2.09. The zero-order valence-corrected chi connectivity index (χ0v) is 9.33. The van der Waals surface area contributed by atoms with Gasteiger partial charge in [-0.15, -0.1) is 0 Å². The molecule has 5 heteroatoms. The van der Waals surface area contributed by atoms with Crippen LogP contribution in [0.15, 0.2) is 6.20 Å². The third-order valence-corrected chi connectivity index (χ3v) is 3.21. The van der Waals surface area contributed by atoms with Crippen LogP contribution in [0.3, 0.4) is 0 Å². The molecule has 1 saturated carbocycles. The molecule has 88 valence electrons. The molecule has 0 saturated heterocycles. The number of nitrogen functional groups attached to an aromatic ring is 1. The van der Waals surface area contributed by atoms with E-state index in [0.29, 0.717) is 11.4 Å². The SMILES string of the molecule is Nc1cn[nH]c1C(=O)NCCC1CCCC1. The molecule has 1 aromatic rings. The number of H-pyrrole nitrogens is 1. The van der Waals surface area contributed by atoms with Crippen LogP contribution in [0.5, 0.6) is 0 Å².